The quantitative estimate of drug-likeness (QED) is 0.430. The van der Waals surface area contributed by atoms with Gasteiger partial charge in [-0.1, -0.05) is 6.92 Å². The number of rotatable bonds is 2. The van der Waals surface area contributed by atoms with Gasteiger partial charge in [-0.25, -0.2) is 0 Å². The fourth-order valence-electron chi connectivity index (χ4n) is 1.38. The van der Waals surface area contributed by atoms with Gasteiger partial charge in [0.1, 0.15) is 0 Å². The van der Waals surface area contributed by atoms with Gasteiger partial charge in [0.15, 0.2) is 0 Å². The summed E-state index contributed by atoms with van der Waals surface area (Å²) in [7, 11) is 0. The Labute approximate surface area is 76.5 Å². The van der Waals surface area contributed by atoms with E-state index in [0.717, 1.165) is 11.1 Å². The Morgan fingerprint density at radius 1 is 1.54 bits per heavy atom. The summed E-state index contributed by atoms with van der Waals surface area (Å²) < 4.78 is 0. The third kappa shape index (κ3) is 1.61. The van der Waals surface area contributed by atoms with Crippen LogP contribution in [0.25, 0.3) is 0 Å². The first-order valence-electron chi connectivity index (χ1n) is 4.10. The molecule has 0 radical (unpaired) electrons. The molecule has 0 unspecified atom stereocenters. The number of nitro groups is 1. The SMILES string of the molecule is CCc1c([N+](=O)[O-])ccc(N)c1C. The average molecular weight is 180 g/mol. The zero-order chi connectivity index (χ0) is 10.0. The predicted molar refractivity (Wildman–Crippen MR) is 51.6 cm³/mol. The molecule has 1 aromatic carbocycles. The number of hydrogen-bond donors (Lipinski definition) is 1. The molecule has 1 rings (SSSR count). The number of nitrogens with zero attached hydrogens (tertiary/aromatic N) is 1. The van der Waals surface area contributed by atoms with Crippen LogP contribution in [0, 0.1) is 17.0 Å². The van der Waals surface area contributed by atoms with Gasteiger partial charge >= 0.3 is 0 Å². The van der Waals surface area contributed by atoms with Crippen molar-refractivity contribution in [2.45, 2.75) is 20.3 Å². The molecule has 0 saturated carbocycles. The molecule has 0 aliphatic rings. The molecule has 1 aromatic rings. The molecule has 0 aliphatic carbocycles. The molecule has 0 atom stereocenters. The molecular weight excluding hydrogens is 168 g/mol. The maximum atomic E-state index is 10.6. The van der Waals surface area contributed by atoms with Crippen LogP contribution >= 0.6 is 0 Å². The summed E-state index contributed by atoms with van der Waals surface area (Å²) in [5.74, 6) is 0. The van der Waals surface area contributed by atoms with Gasteiger partial charge in [-0.2, -0.15) is 0 Å². The van der Waals surface area contributed by atoms with Crippen molar-refractivity contribution >= 4 is 11.4 Å². The highest BCUT2D eigenvalue weighted by Gasteiger charge is 2.15. The highest BCUT2D eigenvalue weighted by Crippen LogP contribution is 2.26. The fraction of sp³-hybridized carbons (Fsp3) is 0.333. The number of nitrogen functional groups attached to an aromatic ring is 1. The summed E-state index contributed by atoms with van der Waals surface area (Å²) in [6, 6.07) is 3.04. The molecule has 4 nitrogen and oxygen atoms in total. The van der Waals surface area contributed by atoms with E-state index in [1.165, 1.54) is 6.07 Å². The molecule has 0 amide bonds. The molecule has 13 heavy (non-hydrogen) atoms. The number of anilines is 1. The smallest absolute Gasteiger partial charge is 0.272 e. The van der Waals surface area contributed by atoms with Crippen LogP contribution in [0.15, 0.2) is 12.1 Å². The van der Waals surface area contributed by atoms with Gasteiger partial charge in [-0.15, -0.1) is 0 Å². The van der Waals surface area contributed by atoms with E-state index in [0.29, 0.717) is 12.1 Å². The number of benzene rings is 1. The van der Waals surface area contributed by atoms with Crippen LogP contribution in [0.1, 0.15) is 18.1 Å². The molecule has 2 N–H and O–H groups in total. The Morgan fingerprint density at radius 3 is 2.62 bits per heavy atom. The van der Waals surface area contributed by atoms with E-state index < -0.39 is 0 Å². The standard InChI is InChI=1S/C9H12N2O2/c1-3-7-6(2)8(10)4-5-9(7)11(12)13/h4-5H,3,10H2,1-2H3. The number of hydrogen-bond acceptors (Lipinski definition) is 3. The first-order chi connectivity index (χ1) is 6.07. The minimum Gasteiger partial charge on any atom is -0.398 e. The third-order valence-corrected chi connectivity index (χ3v) is 2.17. The minimum atomic E-state index is -0.370. The van der Waals surface area contributed by atoms with Gasteiger partial charge in [0.25, 0.3) is 5.69 Å². The summed E-state index contributed by atoms with van der Waals surface area (Å²) in [5.41, 5.74) is 7.96. The lowest BCUT2D eigenvalue weighted by Crippen LogP contribution is -2.00. The van der Waals surface area contributed by atoms with Gasteiger partial charge < -0.3 is 5.73 Å². The van der Waals surface area contributed by atoms with Gasteiger partial charge in [0.05, 0.1) is 4.92 Å². The van der Waals surface area contributed by atoms with E-state index in [4.69, 9.17) is 5.73 Å². The van der Waals surface area contributed by atoms with Crippen molar-refractivity contribution in [3.8, 4) is 0 Å². The van der Waals surface area contributed by atoms with Crippen molar-refractivity contribution in [1.29, 1.82) is 0 Å². The Morgan fingerprint density at radius 2 is 2.15 bits per heavy atom. The van der Waals surface area contributed by atoms with Crippen LogP contribution in [-0.4, -0.2) is 4.92 Å². The maximum Gasteiger partial charge on any atom is 0.272 e. The highest BCUT2D eigenvalue weighted by atomic mass is 16.6. The Kier molecular flexibility index (Phi) is 2.51. The average Bonchev–Trinajstić information content (AvgIpc) is 2.09. The fourth-order valence-corrected chi connectivity index (χ4v) is 1.38. The van der Waals surface area contributed by atoms with Crippen LogP contribution in [0.2, 0.25) is 0 Å². The van der Waals surface area contributed by atoms with Crippen LogP contribution in [-0.2, 0) is 6.42 Å². The van der Waals surface area contributed by atoms with E-state index in [9.17, 15) is 10.1 Å². The lowest BCUT2D eigenvalue weighted by Gasteiger charge is -2.06. The van der Waals surface area contributed by atoms with Crippen molar-refractivity contribution in [2.75, 3.05) is 5.73 Å². The second-order valence-electron chi connectivity index (χ2n) is 2.89. The van der Waals surface area contributed by atoms with Crippen LogP contribution in [0.4, 0.5) is 11.4 Å². The second-order valence-corrected chi connectivity index (χ2v) is 2.89. The zero-order valence-electron chi connectivity index (χ0n) is 7.70. The molecule has 0 aromatic heterocycles. The zero-order valence-corrected chi connectivity index (χ0v) is 7.70. The van der Waals surface area contributed by atoms with Crippen molar-refractivity contribution in [3.63, 3.8) is 0 Å². The molecule has 0 bridgehead atoms. The summed E-state index contributed by atoms with van der Waals surface area (Å²) in [6.45, 7) is 3.69. The lowest BCUT2D eigenvalue weighted by molar-refractivity contribution is -0.385. The van der Waals surface area contributed by atoms with Crippen molar-refractivity contribution in [3.05, 3.63) is 33.4 Å². The van der Waals surface area contributed by atoms with E-state index >= 15 is 0 Å². The maximum absolute atomic E-state index is 10.6. The van der Waals surface area contributed by atoms with E-state index in [1.54, 1.807) is 13.0 Å². The van der Waals surface area contributed by atoms with Crippen molar-refractivity contribution < 1.29 is 4.92 Å². The van der Waals surface area contributed by atoms with E-state index in [2.05, 4.69) is 0 Å². The van der Waals surface area contributed by atoms with Gasteiger partial charge in [0, 0.05) is 17.3 Å². The van der Waals surface area contributed by atoms with Crippen LogP contribution in [0.5, 0.6) is 0 Å². The normalized spacial score (nSPS) is 10.0. The van der Waals surface area contributed by atoms with Gasteiger partial charge in [0.2, 0.25) is 0 Å². The van der Waals surface area contributed by atoms with E-state index in [1.807, 2.05) is 6.92 Å². The summed E-state index contributed by atoms with van der Waals surface area (Å²) >= 11 is 0. The third-order valence-electron chi connectivity index (χ3n) is 2.17. The largest absolute Gasteiger partial charge is 0.398 e. The summed E-state index contributed by atoms with van der Waals surface area (Å²) in [5, 5.41) is 10.6. The molecule has 0 aliphatic heterocycles. The van der Waals surface area contributed by atoms with E-state index in [-0.39, 0.29) is 10.6 Å². The van der Waals surface area contributed by atoms with Crippen LogP contribution < -0.4 is 5.73 Å². The number of nitro benzene ring substituents is 1. The molecule has 0 saturated heterocycles. The second kappa shape index (κ2) is 3.43. The van der Waals surface area contributed by atoms with Crippen LogP contribution in [0.3, 0.4) is 0 Å². The first kappa shape index (κ1) is 9.51. The van der Waals surface area contributed by atoms with Crippen molar-refractivity contribution in [2.24, 2.45) is 0 Å². The van der Waals surface area contributed by atoms with Gasteiger partial charge in [-0.3, -0.25) is 10.1 Å². The molecule has 0 spiro atoms. The predicted octanol–water partition coefficient (Wildman–Crippen LogP) is 2.05. The summed E-state index contributed by atoms with van der Waals surface area (Å²) in [4.78, 5) is 10.2. The molecule has 0 fully saturated rings. The molecular formula is C9H12N2O2. The Balaban J connectivity index is 3.38. The Hall–Kier alpha value is -1.58. The topological polar surface area (TPSA) is 69.2 Å². The Bertz CT molecular complexity index is 348. The monoisotopic (exact) mass is 180 g/mol. The summed E-state index contributed by atoms with van der Waals surface area (Å²) in [6.07, 6.45) is 0.632. The van der Waals surface area contributed by atoms with Gasteiger partial charge in [-0.05, 0) is 25.0 Å². The highest BCUT2D eigenvalue weighted by molar-refractivity contribution is 5.58. The molecule has 0 heterocycles. The molecule has 4 heteroatoms. The number of nitrogens with two attached hydrogens (primary N) is 1. The minimum absolute atomic E-state index is 0.161. The lowest BCUT2D eigenvalue weighted by atomic mass is 10.0. The van der Waals surface area contributed by atoms with Crippen molar-refractivity contribution in [1.82, 2.24) is 0 Å². The molecule has 70 valence electrons. The first-order valence-corrected chi connectivity index (χ1v) is 4.10.